The van der Waals surface area contributed by atoms with Gasteiger partial charge >= 0.3 is 0 Å². The van der Waals surface area contributed by atoms with E-state index in [4.69, 9.17) is 11.6 Å². The van der Waals surface area contributed by atoms with Crippen molar-refractivity contribution in [1.29, 1.82) is 0 Å². The number of hydrogen-bond donors (Lipinski definition) is 2. The Morgan fingerprint density at radius 1 is 1.18 bits per heavy atom. The molecule has 2 aromatic carbocycles. The molecular formula is C21H18ClN5O. The molecular weight excluding hydrogens is 374 g/mol. The van der Waals surface area contributed by atoms with Gasteiger partial charge in [0.25, 0.3) is 5.91 Å². The van der Waals surface area contributed by atoms with Gasteiger partial charge in [-0.2, -0.15) is 5.10 Å². The molecule has 1 fully saturated rings. The highest BCUT2D eigenvalue weighted by atomic mass is 35.5. The monoisotopic (exact) mass is 391 g/mol. The van der Waals surface area contributed by atoms with Crippen molar-refractivity contribution in [1.82, 2.24) is 19.7 Å². The summed E-state index contributed by atoms with van der Waals surface area (Å²) in [6.45, 7) is 0. The SMILES string of the molecule is O=C(Nc1ccc2nc(C3CCC3)[nH]c2c1)c1cnn(-c2ccc(Cl)cc2)c1. The van der Waals surface area contributed by atoms with Crippen molar-refractivity contribution >= 4 is 34.2 Å². The number of hydrogen-bond acceptors (Lipinski definition) is 3. The number of benzene rings is 2. The van der Waals surface area contributed by atoms with Crippen LogP contribution in [-0.4, -0.2) is 25.7 Å². The Bertz CT molecular complexity index is 1160. The van der Waals surface area contributed by atoms with Gasteiger partial charge in [0.2, 0.25) is 0 Å². The molecule has 0 radical (unpaired) electrons. The molecule has 0 spiro atoms. The zero-order chi connectivity index (χ0) is 19.1. The Balaban J connectivity index is 1.34. The molecule has 2 aromatic heterocycles. The average Bonchev–Trinajstić information content (AvgIpc) is 3.27. The van der Waals surface area contributed by atoms with E-state index >= 15 is 0 Å². The summed E-state index contributed by atoms with van der Waals surface area (Å²) in [5.41, 5.74) is 3.91. The second-order valence-corrected chi connectivity index (χ2v) is 7.52. The van der Waals surface area contributed by atoms with Crippen LogP contribution >= 0.6 is 11.6 Å². The van der Waals surface area contributed by atoms with Crippen LogP contribution in [0.3, 0.4) is 0 Å². The summed E-state index contributed by atoms with van der Waals surface area (Å²) < 4.78 is 1.65. The van der Waals surface area contributed by atoms with Gasteiger partial charge in [0.1, 0.15) is 5.82 Å². The van der Waals surface area contributed by atoms with E-state index in [1.807, 2.05) is 30.3 Å². The minimum atomic E-state index is -0.210. The Kier molecular flexibility index (Phi) is 4.13. The topological polar surface area (TPSA) is 75.6 Å². The van der Waals surface area contributed by atoms with Gasteiger partial charge in [-0.05, 0) is 55.3 Å². The molecule has 0 atom stereocenters. The number of nitrogens with one attached hydrogen (secondary N) is 2. The molecule has 0 aliphatic heterocycles. The lowest BCUT2D eigenvalue weighted by Crippen LogP contribution is -2.11. The van der Waals surface area contributed by atoms with Gasteiger partial charge in [-0.15, -0.1) is 0 Å². The third-order valence-electron chi connectivity index (χ3n) is 5.19. The van der Waals surface area contributed by atoms with Crippen molar-refractivity contribution in [2.45, 2.75) is 25.2 Å². The van der Waals surface area contributed by atoms with Crippen LogP contribution in [0.25, 0.3) is 16.7 Å². The van der Waals surface area contributed by atoms with Crippen LogP contribution in [0.4, 0.5) is 5.69 Å². The van der Waals surface area contributed by atoms with Crippen molar-refractivity contribution in [3.63, 3.8) is 0 Å². The van der Waals surface area contributed by atoms with E-state index in [1.54, 1.807) is 29.2 Å². The maximum absolute atomic E-state index is 12.6. The molecule has 7 heteroatoms. The molecule has 6 nitrogen and oxygen atoms in total. The Hall–Kier alpha value is -3.12. The summed E-state index contributed by atoms with van der Waals surface area (Å²) in [6.07, 6.45) is 6.91. The van der Waals surface area contributed by atoms with Crippen LogP contribution in [0, 0.1) is 0 Å². The number of nitrogens with zero attached hydrogens (tertiary/aromatic N) is 3. The van der Waals surface area contributed by atoms with E-state index in [9.17, 15) is 4.79 Å². The fraction of sp³-hybridized carbons (Fsp3) is 0.190. The maximum Gasteiger partial charge on any atom is 0.258 e. The predicted octanol–water partition coefficient (Wildman–Crippen LogP) is 4.92. The van der Waals surface area contributed by atoms with Gasteiger partial charge in [0.15, 0.2) is 0 Å². The second-order valence-electron chi connectivity index (χ2n) is 7.09. The molecule has 1 amide bonds. The molecule has 0 saturated heterocycles. The summed E-state index contributed by atoms with van der Waals surface area (Å²) >= 11 is 5.92. The smallest absolute Gasteiger partial charge is 0.258 e. The van der Waals surface area contributed by atoms with Crippen LogP contribution in [0.5, 0.6) is 0 Å². The zero-order valence-corrected chi connectivity index (χ0v) is 15.8. The number of fused-ring (bicyclic) bond motifs is 1. The maximum atomic E-state index is 12.6. The summed E-state index contributed by atoms with van der Waals surface area (Å²) in [5.74, 6) is 1.39. The molecule has 2 heterocycles. The molecule has 0 unspecified atom stereocenters. The lowest BCUT2D eigenvalue weighted by molar-refractivity contribution is 0.102. The van der Waals surface area contributed by atoms with Crippen LogP contribution < -0.4 is 5.32 Å². The van der Waals surface area contributed by atoms with Gasteiger partial charge < -0.3 is 10.3 Å². The molecule has 0 bridgehead atoms. The van der Waals surface area contributed by atoms with E-state index in [2.05, 4.69) is 20.4 Å². The lowest BCUT2D eigenvalue weighted by Gasteiger charge is -2.22. The molecule has 140 valence electrons. The van der Waals surface area contributed by atoms with Crippen molar-refractivity contribution < 1.29 is 4.79 Å². The third kappa shape index (κ3) is 3.16. The highest BCUT2D eigenvalue weighted by Gasteiger charge is 2.22. The quantitative estimate of drug-likeness (QED) is 0.518. The number of imidazole rings is 1. The van der Waals surface area contributed by atoms with Crippen LogP contribution in [0.1, 0.15) is 41.4 Å². The molecule has 1 aliphatic rings. The lowest BCUT2D eigenvalue weighted by atomic mass is 9.85. The summed E-state index contributed by atoms with van der Waals surface area (Å²) in [4.78, 5) is 20.7. The third-order valence-corrected chi connectivity index (χ3v) is 5.44. The predicted molar refractivity (Wildman–Crippen MR) is 109 cm³/mol. The van der Waals surface area contributed by atoms with Gasteiger partial charge in [-0.25, -0.2) is 9.67 Å². The van der Waals surface area contributed by atoms with Gasteiger partial charge in [0.05, 0.1) is 28.5 Å². The summed E-state index contributed by atoms with van der Waals surface area (Å²) in [6, 6.07) is 13.0. The number of carbonyl (C=O) groups excluding carboxylic acids is 1. The first-order valence-electron chi connectivity index (χ1n) is 9.27. The van der Waals surface area contributed by atoms with Gasteiger partial charge in [-0.3, -0.25) is 4.79 Å². The highest BCUT2D eigenvalue weighted by molar-refractivity contribution is 6.30. The normalized spacial score (nSPS) is 14.2. The number of rotatable bonds is 4. The molecule has 28 heavy (non-hydrogen) atoms. The largest absolute Gasteiger partial charge is 0.342 e. The van der Waals surface area contributed by atoms with E-state index in [1.165, 1.54) is 19.3 Å². The van der Waals surface area contributed by atoms with E-state index in [-0.39, 0.29) is 5.91 Å². The van der Waals surface area contributed by atoms with Crippen molar-refractivity contribution in [2.75, 3.05) is 5.32 Å². The number of amides is 1. The number of aromatic nitrogens is 4. The van der Waals surface area contributed by atoms with Crippen LogP contribution in [-0.2, 0) is 0 Å². The molecule has 5 rings (SSSR count). The Labute approximate surface area is 166 Å². The van der Waals surface area contributed by atoms with Crippen LogP contribution in [0.2, 0.25) is 5.02 Å². The first kappa shape index (κ1) is 17.0. The molecule has 1 aliphatic carbocycles. The molecule has 2 N–H and O–H groups in total. The Morgan fingerprint density at radius 2 is 2.00 bits per heavy atom. The van der Waals surface area contributed by atoms with Crippen molar-refractivity contribution in [3.05, 3.63) is 71.3 Å². The average molecular weight is 392 g/mol. The first-order chi connectivity index (χ1) is 13.7. The van der Waals surface area contributed by atoms with Crippen LogP contribution in [0.15, 0.2) is 54.9 Å². The standard InChI is InChI=1S/C21H18ClN5O/c22-15-4-7-17(8-5-15)27-12-14(11-23-27)21(28)24-16-6-9-18-19(10-16)26-20(25-18)13-2-1-3-13/h4-13H,1-3H2,(H,24,28)(H,25,26). The summed E-state index contributed by atoms with van der Waals surface area (Å²) in [7, 11) is 0. The minimum Gasteiger partial charge on any atom is -0.342 e. The number of H-pyrrole nitrogens is 1. The number of halogens is 1. The van der Waals surface area contributed by atoms with Gasteiger partial charge in [-0.1, -0.05) is 18.0 Å². The van der Waals surface area contributed by atoms with E-state index < -0.39 is 0 Å². The molecule has 4 aromatic rings. The zero-order valence-electron chi connectivity index (χ0n) is 15.0. The highest BCUT2D eigenvalue weighted by Crippen LogP contribution is 2.35. The second kappa shape index (κ2) is 6.80. The fourth-order valence-corrected chi connectivity index (χ4v) is 3.49. The number of anilines is 1. The van der Waals surface area contributed by atoms with Crippen molar-refractivity contribution in [2.24, 2.45) is 0 Å². The fourth-order valence-electron chi connectivity index (χ4n) is 3.36. The minimum absolute atomic E-state index is 0.210. The number of carbonyl (C=O) groups is 1. The van der Waals surface area contributed by atoms with E-state index in [0.29, 0.717) is 16.5 Å². The van der Waals surface area contributed by atoms with E-state index in [0.717, 1.165) is 28.2 Å². The molecule has 1 saturated carbocycles. The van der Waals surface area contributed by atoms with Crippen molar-refractivity contribution in [3.8, 4) is 5.69 Å². The number of aromatic amines is 1. The Morgan fingerprint density at radius 3 is 2.75 bits per heavy atom. The van der Waals surface area contributed by atoms with Gasteiger partial charge in [0, 0.05) is 22.8 Å². The summed E-state index contributed by atoms with van der Waals surface area (Å²) in [5, 5.41) is 7.85. The first-order valence-corrected chi connectivity index (χ1v) is 9.65.